The number of hydrogen-bond donors (Lipinski definition) is 0. The molecule has 1 saturated heterocycles. The van der Waals surface area contributed by atoms with Gasteiger partial charge in [-0.15, -0.1) is 11.3 Å². The topological polar surface area (TPSA) is 53.3 Å². The third-order valence-corrected chi connectivity index (χ3v) is 6.20. The monoisotopic (exact) mass is 468 g/mol. The molecular formula is C17H12BBrCl2N2O2S. The Bertz CT molecular complexity index is 892. The summed E-state index contributed by atoms with van der Waals surface area (Å²) < 4.78 is 4.52. The maximum atomic E-state index is 12.7. The van der Waals surface area contributed by atoms with Crippen LogP contribution in [0.2, 0.25) is 10.0 Å². The van der Waals surface area contributed by atoms with E-state index in [1.807, 2.05) is 0 Å². The Balaban J connectivity index is 2.24. The zero-order valence-corrected chi connectivity index (χ0v) is 17.4. The molecule has 1 aliphatic rings. The Morgan fingerprint density at radius 3 is 2.65 bits per heavy atom. The van der Waals surface area contributed by atoms with Crippen molar-refractivity contribution in [1.29, 1.82) is 5.26 Å². The molecule has 26 heavy (non-hydrogen) atoms. The Morgan fingerprint density at radius 2 is 2.08 bits per heavy atom. The van der Waals surface area contributed by atoms with E-state index >= 15 is 0 Å². The van der Waals surface area contributed by atoms with Crippen molar-refractivity contribution in [2.24, 2.45) is 0 Å². The highest BCUT2D eigenvalue weighted by Gasteiger charge is 2.29. The van der Waals surface area contributed by atoms with Crippen molar-refractivity contribution in [2.45, 2.75) is 4.73 Å². The van der Waals surface area contributed by atoms with Gasteiger partial charge in [-0.1, -0.05) is 45.2 Å². The van der Waals surface area contributed by atoms with Crippen molar-refractivity contribution in [2.75, 3.05) is 31.2 Å². The van der Waals surface area contributed by atoms with Gasteiger partial charge < -0.3 is 9.64 Å². The van der Waals surface area contributed by atoms with Crippen LogP contribution in [0.4, 0.5) is 5.00 Å². The number of carbonyl (C=O) groups excluding carboxylic acids is 1. The molecule has 1 fully saturated rings. The number of anilines is 1. The van der Waals surface area contributed by atoms with Crippen LogP contribution in [0.15, 0.2) is 18.2 Å². The van der Waals surface area contributed by atoms with E-state index in [1.54, 1.807) is 18.2 Å². The van der Waals surface area contributed by atoms with E-state index in [-0.39, 0.29) is 5.78 Å². The van der Waals surface area contributed by atoms with E-state index in [9.17, 15) is 10.1 Å². The van der Waals surface area contributed by atoms with Gasteiger partial charge in [0.2, 0.25) is 0 Å². The molecule has 1 unspecified atom stereocenters. The first-order valence-corrected chi connectivity index (χ1v) is 10.2. The standard InChI is InChI=1S/C17H12BBrCl2N2O2S/c18-16(19)14(24)15-13(10-2-1-9(20)7-12(10)21)11(8-22)17(26-15)23-3-5-25-6-4-23/h1-2,7,16H,3-6H2. The minimum atomic E-state index is -0.866. The molecule has 0 amide bonds. The number of ether oxygens (including phenoxy) is 1. The minimum absolute atomic E-state index is 0.299. The lowest BCUT2D eigenvalue weighted by molar-refractivity contribution is 0.101. The normalized spacial score (nSPS) is 15.5. The summed E-state index contributed by atoms with van der Waals surface area (Å²) in [7, 11) is 5.76. The third kappa shape index (κ3) is 3.80. The van der Waals surface area contributed by atoms with Gasteiger partial charge in [-0.25, -0.2) is 0 Å². The van der Waals surface area contributed by atoms with Crippen LogP contribution in [0.3, 0.4) is 0 Å². The molecule has 132 valence electrons. The predicted molar refractivity (Wildman–Crippen MR) is 110 cm³/mol. The quantitative estimate of drug-likeness (QED) is 0.376. The zero-order chi connectivity index (χ0) is 18.8. The molecular weight excluding hydrogens is 458 g/mol. The van der Waals surface area contributed by atoms with E-state index in [2.05, 4.69) is 26.9 Å². The number of ketones is 1. The van der Waals surface area contributed by atoms with Crippen LogP contribution in [-0.2, 0) is 4.74 Å². The van der Waals surface area contributed by atoms with Gasteiger partial charge >= 0.3 is 0 Å². The molecule has 1 aliphatic heterocycles. The SMILES string of the molecule is [B]C(Br)C(=O)c1sc(N2CCOCC2)c(C#N)c1-c1ccc(Cl)cc1Cl. The molecule has 0 saturated carbocycles. The molecule has 1 aromatic carbocycles. The van der Waals surface area contributed by atoms with Crippen LogP contribution in [0.1, 0.15) is 15.2 Å². The van der Waals surface area contributed by atoms with E-state index < -0.39 is 4.73 Å². The predicted octanol–water partition coefficient (Wildman–Crippen LogP) is 4.50. The number of nitrogens with zero attached hydrogens (tertiary/aromatic N) is 2. The number of benzene rings is 1. The van der Waals surface area contributed by atoms with Gasteiger partial charge in [0.05, 0.1) is 31.5 Å². The molecule has 2 radical (unpaired) electrons. The number of Topliss-reactive ketones (excluding diaryl/α,β-unsaturated/α-hetero) is 1. The highest BCUT2D eigenvalue weighted by atomic mass is 79.9. The Hall–Kier alpha value is -1.04. The summed E-state index contributed by atoms with van der Waals surface area (Å²) in [6.45, 7) is 2.44. The van der Waals surface area contributed by atoms with Crippen molar-refractivity contribution >= 4 is 69.1 Å². The smallest absolute Gasteiger partial charge is 0.178 e. The van der Waals surface area contributed by atoms with Crippen LogP contribution in [-0.4, -0.2) is 44.7 Å². The molecule has 0 N–H and O–H groups in total. The summed E-state index contributed by atoms with van der Waals surface area (Å²) in [5.41, 5.74) is 1.50. The summed E-state index contributed by atoms with van der Waals surface area (Å²) in [6.07, 6.45) is 0. The Kier molecular flexibility index (Phi) is 6.31. The first-order chi connectivity index (χ1) is 12.4. The van der Waals surface area contributed by atoms with Gasteiger partial charge in [0, 0.05) is 39.0 Å². The van der Waals surface area contributed by atoms with Crippen molar-refractivity contribution < 1.29 is 9.53 Å². The second-order valence-electron chi connectivity index (χ2n) is 5.59. The molecule has 0 bridgehead atoms. The highest BCUT2D eigenvalue weighted by molar-refractivity contribution is 9.10. The van der Waals surface area contributed by atoms with E-state index in [1.165, 1.54) is 11.3 Å². The minimum Gasteiger partial charge on any atom is -0.378 e. The second-order valence-corrected chi connectivity index (χ2v) is 8.42. The fraction of sp³-hybridized carbons (Fsp3) is 0.294. The number of alkyl halides is 1. The third-order valence-electron chi connectivity index (χ3n) is 3.97. The van der Waals surface area contributed by atoms with E-state index in [4.69, 9.17) is 35.8 Å². The number of rotatable bonds is 4. The number of halogens is 3. The zero-order valence-electron chi connectivity index (χ0n) is 13.5. The lowest BCUT2D eigenvalue weighted by Gasteiger charge is -2.27. The molecule has 9 heteroatoms. The first kappa shape index (κ1) is 19.7. The van der Waals surface area contributed by atoms with E-state index in [0.29, 0.717) is 57.9 Å². The molecule has 3 rings (SSSR count). The summed E-state index contributed by atoms with van der Waals surface area (Å²) in [5, 5.41) is 11.4. The summed E-state index contributed by atoms with van der Waals surface area (Å²) in [5.74, 6) is -0.299. The molecule has 1 aromatic heterocycles. The van der Waals surface area contributed by atoms with Gasteiger partial charge in [0.25, 0.3) is 0 Å². The number of nitriles is 1. The van der Waals surface area contributed by atoms with Crippen molar-refractivity contribution in [3.8, 4) is 17.2 Å². The lowest BCUT2D eigenvalue weighted by atomic mass is 9.94. The fourth-order valence-electron chi connectivity index (χ4n) is 2.76. The molecule has 2 aromatic rings. The highest BCUT2D eigenvalue weighted by Crippen LogP contribution is 2.45. The van der Waals surface area contributed by atoms with Crippen LogP contribution in [0, 0.1) is 11.3 Å². The Labute approximate surface area is 175 Å². The van der Waals surface area contributed by atoms with E-state index in [0.717, 1.165) is 5.00 Å². The summed E-state index contributed by atoms with van der Waals surface area (Å²) in [6, 6.07) is 7.23. The largest absolute Gasteiger partial charge is 0.378 e. The number of morpholine rings is 1. The molecule has 4 nitrogen and oxygen atoms in total. The van der Waals surface area contributed by atoms with Gasteiger partial charge in [-0.3, -0.25) is 4.79 Å². The maximum Gasteiger partial charge on any atom is 0.178 e. The fourth-order valence-corrected chi connectivity index (χ4v) is 4.94. The second kappa shape index (κ2) is 8.32. The van der Waals surface area contributed by atoms with Crippen LogP contribution in [0.5, 0.6) is 0 Å². The lowest BCUT2D eigenvalue weighted by Crippen LogP contribution is -2.36. The first-order valence-electron chi connectivity index (χ1n) is 7.73. The maximum absolute atomic E-state index is 12.7. The number of thiophene rings is 1. The average Bonchev–Trinajstić information content (AvgIpc) is 3.01. The number of hydrogen-bond acceptors (Lipinski definition) is 5. The van der Waals surface area contributed by atoms with Crippen LogP contribution >= 0.6 is 50.5 Å². The number of carbonyl (C=O) groups is 1. The van der Waals surface area contributed by atoms with Crippen LogP contribution < -0.4 is 4.90 Å². The molecule has 0 spiro atoms. The van der Waals surface area contributed by atoms with Crippen LogP contribution in [0.25, 0.3) is 11.1 Å². The van der Waals surface area contributed by atoms with Gasteiger partial charge in [0.15, 0.2) is 5.78 Å². The van der Waals surface area contributed by atoms with Crippen molar-refractivity contribution in [3.63, 3.8) is 0 Å². The molecule has 1 atom stereocenters. The average molecular weight is 470 g/mol. The van der Waals surface area contributed by atoms with Gasteiger partial charge in [0.1, 0.15) is 11.1 Å². The van der Waals surface area contributed by atoms with Crippen molar-refractivity contribution in [3.05, 3.63) is 38.7 Å². The van der Waals surface area contributed by atoms with Gasteiger partial charge in [-0.05, 0) is 12.1 Å². The summed E-state index contributed by atoms with van der Waals surface area (Å²) in [4.78, 5) is 15.1. The summed E-state index contributed by atoms with van der Waals surface area (Å²) >= 11 is 16.7. The molecule has 0 aliphatic carbocycles. The Morgan fingerprint density at radius 1 is 1.38 bits per heavy atom. The van der Waals surface area contributed by atoms with Gasteiger partial charge in [-0.2, -0.15) is 5.26 Å². The van der Waals surface area contributed by atoms with Crippen molar-refractivity contribution in [1.82, 2.24) is 0 Å². The molecule has 2 heterocycles.